The van der Waals surface area contributed by atoms with Crippen LogP contribution in [-0.2, 0) is 9.53 Å². The molecule has 80 valence electrons. The Hall–Kier alpha value is -1.84. The lowest BCUT2D eigenvalue weighted by Gasteiger charge is -2.04. The van der Waals surface area contributed by atoms with Gasteiger partial charge < -0.3 is 14.6 Å². The van der Waals surface area contributed by atoms with Crippen molar-refractivity contribution in [3.8, 4) is 5.75 Å². The molecule has 0 spiro atoms. The van der Waals surface area contributed by atoms with Gasteiger partial charge in [-0.05, 0) is 18.6 Å². The van der Waals surface area contributed by atoms with Crippen LogP contribution in [0.2, 0.25) is 0 Å². The lowest BCUT2D eigenvalue weighted by Crippen LogP contribution is -2.06. The maximum Gasteiger partial charge on any atom is 0.341 e. The number of phenols is 1. The van der Waals surface area contributed by atoms with Crippen LogP contribution in [0.5, 0.6) is 5.75 Å². The maximum atomic E-state index is 11.4. The number of esters is 1. The number of para-hydroxylation sites is 1. The number of hydrogen-bond donors (Lipinski definition) is 1. The van der Waals surface area contributed by atoms with Gasteiger partial charge in [0.1, 0.15) is 17.6 Å². The molecule has 0 atom stereocenters. The lowest BCUT2D eigenvalue weighted by molar-refractivity contribution is -0.108. The van der Waals surface area contributed by atoms with E-state index < -0.39 is 5.97 Å². The number of carbonyl (C=O) groups is 2. The van der Waals surface area contributed by atoms with E-state index in [0.717, 1.165) is 6.29 Å². The van der Waals surface area contributed by atoms with Gasteiger partial charge >= 0.3 is 5.97 Å². The average Bonchev–Trinajstić information content (AvgIpc) is 2.25. The number of hydrogen-bond acceptors (Lipinski definition) is 4. The highest BCUT2D eigenvalue weighted by molar-refractivity contribution is 5.92. The molecule has 0 saturated heterocycles. The van der Waals surface area contributed by atoms with Gasteiger partial charge in [-0.2, -0.15) is 0 Å². The largest absolute Gasteiger partial charge is 0.507 e. The van der Waals surface area contributed by atoms with Gasteiger partial charge in [0.2, 0.25) is 0 Å². The summed E-state index contributed by atoms with van der Waals surface area (Å²) in [6, 6.07) is 6.17. The van der Waals surface area contributed by atoms with Gasteiger partial charge in [0, 0.05) is 6.42 Å². The number of rotatable bonds is 5. The van der Waals surface area contributed by atoms with Gasteiger partial charge in [0.15, 0.2) is 0 Å². The van der Waals surface area contributed by atoms with E-state index in [-0.39, 0.29) is 17.9 Å². The van der Waals surface area contributed by atoms with Crippen molar-refractivity contribution in [2.45, 2.75) is 12.8 Å². The summed E-state index contributed by atoms with van der Waals surface area (Å²) in [5.74, 6) is -0.670. The zero-order valence-corrected chi connectivity index (χ0v) is 8.18. The summed E-state index contributed by atoms with van der Waals surface area (Å²) in [7, 11) is 0. The van der Waals surface area contributed by atoms with Crippen LogP contribution >= 0.6 is 0 Å². The Balaban J connectivity index is 2.47. The monoisotopic (exact) mass is 208 g/mol. The van der Waals surface area contributed by atoms with Gasteiger partial charge in [-0.15, -0.1) is 0 Å². The van der Waals surface area contributed by atoms with Crippen LogP contribution in [-0.4, -0.2) is 24.0 Å². The molecule has 1 N–H and O–H groups in total. The fourth-order valence-corrected chi connectivity index (χ4v) is 1.06. The van der Waals surface area contributed by atoms with Crippen molar-refractivity contribution in [2.75, 3.05) is 6.61 Å². The van der Waals surface area contributed by atoms with Crippen LogP contribution in [0, 0.1) is 0 Å². The summed E-state index contributed by atoms with van der Waals surface area (Å²) >= 11 is 0. The first-order chi connectivity index (χ1) is 7.25. The molecule has 4 heteroatoms. The predicted molar refractivity (Wildman–Crippen MR) is 53.7 cm³/mol. The SMILES string of the molecule is O=CCCCOC(=O)c1ccccc1O. The molecule has 0 aliphatic heterocycles. The third kappa shape index (κ3) is 3.42. The van der Waals surface area contributed by atoms with Crippen molar-refractivity contribution in [3.63, 3.8) is 0 Å². The number of carbonyl (C=O) groups excluding carboxylic acids is 2. The highest BCUT2D eigenvalue weighted by Crippen LogP contribution is 2.16. The minimum Gasteiger partial charge on any atom is -0.507 e. The van der Waals surface area contributed by atoms with E-state index in [0.29, 0.717) is 12.8 Å². The Morgan fingerprint density at radius 3 is 2.80 bits per heavy atom. The Bertz CT molecular complexity index is 346. The summed E-state index contributed by atoms with van der Waals surface area (Å²) in [5, 5.41) is 9.33. The Labute approximate surface area is 87.5 Å². The van der Waals surface area contributed by atoms with Crippen molar-refractivity contribution in [1.82, 2.24) is 0 Å². The number of aldehydes is 1. The highest BCUT2D eigenvalue weighted by Gasteiger charge is 2.10. The molecule has 0 heterocycles. The smallest absolute Gasteiger partial charge is 0.341 e. The van der Waals surface area contributed by atoms with E-state index in [1.807, 2.05) is 0 Å². The zero-order chi connectivity index (χ0) is 11.1. The lowest BCUT2D eigenvalue weighted by atomic mass is 10.2. The summed E-state index contributed by atoms with van der Waals surface area (Å²) in [6.45, 7) is 0.186. The molecule has 1 rings (SSSR count). The molecule has 1 aromatic rings. The van der Waals surface area contributed by atoms with Gasteiger partial charge in [0.05, 0.1) is 6.61 Å². The van der Waals surface area contributed by atoms with Crippen molar-refractivity contribution in [3.05, 3.63) is 29.8 Å². The summed E-state index contributed by atoms with van der Waals surface area (Å²) in [5.41, 5.74) is 0.142. The molecule has 0 radical (unpaired) electrons. The standard InChI is InChI=1S/C11H12O4/c12-7-3-4-8-15-11(14)9-5-1-2-6-10(9)13/h1-2,5-7,13H,3-4,8H2. The van der Waals surface area contributed by atoms with Crippen LogP contribution in [0.4, 0.5) is 0 Å². The van der Waals surface area contributed by atoms with Gasteiger partial charge in [-0.25, -0.2) is 4.79 Å². The van der Waals surface area contributed by atoms with Gasteiger partial charge in [0.25, 0.3) is 0 Å². The Morgan fingerprint density at radius 2 is 2.13 bits per heavy atom. The zero-order valence-electron chi connectivity index (χ0n) is 8.18. The van der Waals surface area contributed by atoms with Crippen LogP contribution in [0.1, 0.15) is 23.2 Å². The molecular formula is C11H12O4. The number of benzene rings is 1. The molecule has 0 saturated carbocycles. The normalized spacial score (nSPS) is 9.60. The molecule has 0 unspecified atom stereocenters. The average molecular weight is 208 g/mol. The molecule has 15 heavy (non-hydrogen) atoms. The molecule has 1 aromatic carbocycles. The number of ether oxygens (including phenoxy) is 1. The molecule has 4 nitrogen and oxygen atoms in total. The molecule has 0 fully saturated rings. The topological polar surface area (TPSA) is 63.6 Å². The summed E-state index contributed by atoms with van der Waals surface area (Å²) in [4.78, 5) is 21.4. The second-order valence-corrected chi connectivity index (χ2v) is 2.96. The van der Waals surface area contributed by atoms with Crippen molar-refractivity contribution in [2.24, 2.45) is 0 Å². The van der Waals surface area contributed by atoms with Crippen molar-refractivity contribution >= 4 is 12.3 Å². The van der Waals surface area contributed by atoms with Crippen LogP contribution < -0.4 is 0 Å². The first-order valence-electron chi connectivity index (χ1n) is 4.64. The van der Waals surface area contributed by atoms with E-state index in [4.69, 9.17) is 4.74 Å². The summed E-state index contributed by atoms with van der Waals surface area (Å²) < 4.78 is 4.85. The van der Waals surface area contributed by atoms with Crippen LogP contribution in [0.3, 0.4) is 0 Å². The minimum absolute atomic E-state index is 0.0992. The molecule has 0 aromatic heterocycles. The van der Waals surface area contributed by atoms with E-state index in [9.17, 15) is 14.7 Å². The van der Waals surface area contributed by atoms with E-state index in [2.05, 4.69) is 0 Å². The maximum absolute atomic E-state index is 11.4. The number of aromatic hydroxyl groups is 1. The third-order valence-electron chi connectivity index (χ3n) is 1.82. The quantitative estimate of drug-likeness (QED) is 0.452. The van der Waals surface area contributed by atoms with E-state index in [1.54, 1.807) is 12.1 Å². The Kier molecular flexibility index (Phi) is 4.34. The van der Waals surface area contributed by atoms with E-state index >= 15 is 0 Å². The minimum atomic E-state index is -0.570. The second kappa shape index (κ2) is 5.80. The highest BCUT2D eigenvalue weighted by atomic mass is 16.5. The predicted octanol–water partition coefficient (Wildman–Crippen LogP) is 1.53. The first-order valence-corrected chi connectivity index (χ1v) is 4.64. The number of phenolic OH excluding ortho intramolecular Hbond substituents is 1. The van der Waals surface area contributed by atoms with Crippen LogP contribution in [0.15, 0.2) is 24.3 Å². The third-order valence-corrected chi connectivity index (χ3v) is 1.82. The van der Waals surface area contributed by atoms with Crippen LogP contribution in [0.25, 0.3) is 0 Å². The first kappa shape index (κ1) is 11.2. The van der Waals surface area contributed by atoms with Gasteiger partial charge in [-0.3, -0.25) is 0 Å². The summed E-state index contributed by atoms with van der Waals surface area (Å²) in [6.07, 6.45) is 1.64. The molecule has 0 aliphatic rings. The fourth-order valence-electron chi connectivity index (χ4n) is 1.06. The molecular weight excluding hydrogens is 196 g/mol. The van der Waals surface area contributed by atoms with Gasteiger partial charge in [-0.1, -0.05) is 12.1 Å². The fraction of sp³-hybridized carbons (Fsp3) is 0.273. The molecule has 0 aliphatic carbocycles. The van der Waals surface area contributed by atoms with Crippen molar-refractivity contribution in [1.29, 1.82) is 0 Å². The molecule has 0 bridgehead atoms. The Morgan fingerprint density at radius 1 is 1.40 bits per heavy atom. The van der Waals surface area contributed by atoms with E-state index in [1.165, 1.54) is 12.1 Å². The van der Waals surface area contributed by atoms with Crippen molar-refractivity contribution < 1.29 is 19.4 Å². The number of unbranched alkanes of at least 4 members (excludes halogenated alkanes) is 1. The molecule has 0 amide bonds. The second-order valence-electron chi connectivity index (χ2n) is 2.96.